The van der Waals surface area contributed by atoms with Crippen LogP contribution in [0.3, 0.4) is 0 Å². The van der Waals surface area contributed by atoms with Crippen molar-refractivity contribution in [3.8, 4) is 5.75 Å². The second-order valence-electron chi connectivity index (χ2n) is 5.24. The number of aromatic nitrogens is 2. The van der Waals surface area contributed by atoms with Gasteiger partial charge >= 0.3 is 0 Å². The highest BCUT2D eigenvalue weighted by Gasteiger charge is 2.06. The molecule has 0 spiro atoms. The van der Waals surface area contributed by atoms with Crippen LogP contribution in [0.1, 0.15) is 16.8 Å². The first kappa shape index (κ1) is 14.8. The average Bonchev–Trinajstić information content (AvgIpc) is 2.46. The lowest BCUT2D eigenvalue weighted by Gasteiger charge is -2.09. The second kappa shape index (κ2) is 5.93. The summed E-state index contributed by atoms with van der Waals surface area (Å²) >= 11 is 3.47. The highest BCUT2D eigenvalue weighted by Crippen LogP contribution is 2.26. The van der Waals surface area contributed by atoms with Crippen molar-refractivity contribution >= 4 is 21.6 Å². The Kier molecular flexibility index (Phi) is 3.98. The number of ether oxygens (including phenoxy) is 1. The van der Waals surface area contributed by atoms with Crippen LogP contribution < -0.4 is 10.3 Å². The molecule has 22 heavy (non-hydrogen) atoms. The number of halogens is 1. The lowest BCUT2D eigenvalue weighted by atomic mass is 10.2. The summed E-state index contributed by atoms with van der Waals surface area (Å²) in [5.74, 6) is 0.733. The summed E-state index contributed by atoms with van der Waals surface area (Å²) in [5, 5.41) is 0. The van der Waals surface area contributed by atoms with Gasteiger partial charge in [-0.3, -0.25) is 9.20 Å². The van der Waals surface area contributed by atoms with Gasteiger partial charge in [-0.05, 0) is 65.2 Å². The minimum Gasteiger partial charge on any atom is -0.486 e. The van der Waals surface area contributed by atoms with Gasteiger partial charge in [0.25, 0.3) is 5.56 Å². The first-order valence-electron chi connectivity index (χ1n) is 6.91. The zero-order valence-corrected chi connectivity index (χ0v) is 13.9. The Morgan fingerprint density at radius 1 is 1.14 bits per heavy atom. The number of nitrogens with zero attached hydrogens (tertiary/aromatic N) is 2. The molecule has 0 aliphatic carbocycles. The van der Waals surface area contributed by atoms with Crippen LogP contribution in [0.15, 0.2) is 51.9 Å². The molecule has 0 unspecified atom stereocenters. The molecule has 0 radical (unpaired) electrons. The third-order valence-electron chi connectivity index (χ3n) is 3.34. The monoisotopic (exact) mass is 358 g/mol. The van der Waals surface area contributed by atoms with Crippen LogP contribution in [0.2, 0.25) is 0 Å². The molecule has 112 valence electrons. The van der Waals surface area contributed by atoms with Gasteiger partial charge < -0.3 is 4.74 Å². The number of hydrogen-bond donors (Lipinski definition) is 0. The van der Waals surface area contributed by atoms with Crippen molar-refractivity contribution in [2.75, 3.05) is 0 Å². The molecule has 2 aromatic heterocycles. The van der Waals surface area contributed by atoms with Gasteiger partial charge in [0, 0.05) is 12.3 Å². The second-order valence-corrected chi connectivity index (χ2v) is 6.09. The summed E-state index contributed by atoms with van der Waals surface area (Å²) in [4.78, 5) is 16.6. The summed E-state index contributed by atoms with van der Waals surface area (Å²) in [6.07, 6.45) is 1.74. The number of rotatable bonds is 3. The fraction of sp³-hybridized carbons (Fsp3) is 0.176. The van der Waals surface area contributed by atoms with Crippen molar-refractivity contribution in [2.24, 2.45) is 0 Å². The molecule has 1 aromatic carbocycles. The molecule has 2 heterocycles. The molecule has 0 amide bonds. The van der Waals surface area contributed by atoms with E-state index >= 15 is 0 Å². The molecule has 3 rings (SSSR count). The van der Waals surface area contributed by atoms with Crippen LogP contribution in [-0.2, 0) is 6.61 Å². The molecule has 3 aromatic rings. The Morgan fingerprint density at radius 2 is 1.91 bits per heavy atom. The normalized spacial score (nSPS) is 10.9. The van der Waals surface area contributed by atoms with E-state index in [-0.39, 0.29) is 12.2 Å². The number of hydrogen-bond acceptors (Lipinski definition) is 3. The lowest BCUT2D eigenvalue weighted by Crippen LogP contribution is -2.16. The minimum absolute atomic E-state index is 0.105. The molecule has 0 aliphatic heterocycles. The van der Waals surface area contributed by atoms with Crippen molar-refractivity contribution in [2.45, 2.75) is 20.5 Å². The van der Waals surface area contributed by atoms with Gasteiger partial charge in [-0.2, -0.15) is 0 Å². The summed E-state index contributed by atoms with van der Waals surface area (Å²) in [5.41, 5.74) is 3.35. The van der Waals surface area contributed by atoms with Gasteiger partial charge in [-0.1, -0.05) is 6.07 Å². The van der Waals surface area contributed by atoms with Gasteiger partial charge in [0.1, 0.15) is 18.0 Å². The van der Waals surface area contributed by atoms with Crippen LogP contribution >= 0.6 is 15.9 Å². The van der Waals surface area contributed by atoms with Gasteiger partial charge in [-0.25, -0.2) is 4.98 Å². The van der Waals surface area contributed by atoms with Crippen LogP contribution in [0, 0.1) is 13.8 Å². The van der Waals surface area contributed by atoms with E-state index in [0.717, 1.165) is 21.3 Å². The minimum atomic E-state index is -0.105. The first-order valence-corrected chi connectivity index (χ1v) is 7.70. The predicted molar refractivity (Wildman–Crippen MR) is 89.4 cm³/mol. The molecule has 0 aliphatic rings. The largest absolute Gasteiger partial charge is 0.486 e. The topological polar surface area (TPSA) is 43.6 Å². The van der Waals surface area contributed by atoms with Gasteiger partial charge in [0.15, 0.2) is 0 Å². The highest BCUT2D eigenvalue weighted by atomic mass is 79.9. The van der Waals surface area contributed by atoms with E-state index in [4.69, 9.17) is 4.74 Å². The Labute approximate surface area is 136 Å². The Bertz CT molecular complexity index is 903. The van der Waals surface area contributed by atoms with Crippen molar-refractivity contribution in [1.82, 2.24) is 9.38 Å². The fourth-order valence-electron chi connectivity index (χ4n) is 2.20. The van der Waals surface area contributed by atoms with Crippen LogP contribution in [0.5, 0.6) is 5.75 Å². The van der Waals surface area contributed by atoms with Gasteiger partial charge in [-0.15, -0.1) is 0 Å². The highest BCUT2D eigenvalue weighted by molar-refractivity contribution is 9.10. The zero-order chi connectivity index (χ0) is 15.7. The molecule has 0 fully saturated rings. The van der Waals surface area contributed by atoms with Crippen LogP contribution in [0.4, 0.5) is 0 Å². The van der Waals surface area contributed by atoms with Crippen molar-refractivity contribution in [3.63, 3.8) is 0 Å². The molecule has 0 atom stereocenters. The Hall–Kier alpha value is -2.14. The van der Waals surface area contributed by atoms with E-state index in [1.54, 1.807) is 6.20 Å². The van der Waals surface area contributed by atoms with Crippen molar-refractivity contribution < 1.29 is 4.74 Å². The van der Waals surface area contributed by atoms with E-state index in [1.165, 1.54) is 10.5 Å². The SMILES string of the molecule is Cc1ccc(OCc2cc(=O)n3ccc(C)cc3n2)c(Br)c1. The number of pyridine rings is 1. The third kappa shape index (κ3) is 3.04. The van der Waals surface area contributed by atoms with Gasteiger partial charge in [0.2, 0.25) is 0 Å². The Morgan fingerprint density at radius 3 is 2.68 bits per heavy atom. The van der Waals surface area contributed by atoms with E-state index in [0.29, 0.717) is 11.3 Å². The van der Waals surface area contributed by atoms with Crippen LogP contribution in [-0.4, -0.2) is 9.38 Å². The maximum Gasteiger partial charge on any atom is 0.258 e. The summed E-state index contributed by atoms with van der Waals surface area (Å²) in [6.45, 7) is 4.24. The smallest absolute Gasteiger partial charge is 0.258 e. The summed E-state index contributed by atoms with van der Waals surface area (Å²) in [6, 6.07) is 11.1. The lowest BCUT2D eigenvalue weighted by molar-refractivity contribution is 0.299. The molecular weight excluding hydrogens is 344 g/mol. The third-order valence-corrected chi connectivity index (χ3v) is 3.96. The maximum atomic E-state index is 12.1. The quantitative estimate of drug-likeness (QED) is 0.717. The molecule has 0 N–H and O–H groups in total. The first-order chi connectivity index (χ1) is 10.5. The standard InChI is InChI=1S/C17H15BrN2O2/c1-11-3-4-15(14(18)7-11)22-10-13-9-17(21)20-6-5-12(2)8-16(20)19-13/h3-9H,10H2,1-2H3. The zero-order valence-electron chi connectivity index (χ0n) is 12.3. The number of aryl methyl sites for hydroxylation is 2. The van der Waals surface area contributed by atoms with E-state index < -0.39 is 0 Å². The summed E-state index contributed by atoms with van der Waals surface area (Å²) in [7, 11) is 0. The van der Waals surface area contributed by atoms with Crippen LogP contribution in [0.25, 0.3) is 5.65 Å². The molecular formula is C17H15BrN2O2. The number of benzene rings is 1. The van der Waals surface area contributed by atoms with E-state index in [2.05, 4.69) is 20.9 Å². The van der Waals surface area contributed by atoms with Crippen molar-refractivity contribution in [3.05, 3.63) is 74.2 Å². The summed E-state index contributed by atoms with van der Waals surface area (Å²) < 4.78 is 8.17. The average molecular weight is 359 g/mol. The predicted octanol–water partition coefficient (Wildman–Crippen LogP) is 3.65. The van der Waals surface area contributed by atoms with E-state index in [1.807, 2.05) is 44.2 Å². The van der Waals surface area contributed by atoms with E-state index in [9.17, 15) is 4.79 Å². The molecule has 0 saturated carbocycles. The molecule has 0 saturated heterocycles. The molecule has 0 bridgehead atoms. The number of fused-ring (bicyclic) bond motifs is 1. The molecule has 5 heteroatoms. The Balaban J connectivity index is 1.89. The fourth-order valence-corrected chi connectivity index (χ4v) is 2.81. The van der Waals surface area contributed by atoms with Gasteiger partial charge in [0.05, 0.1) is 10.2 Å². The maximum absolute atomic E-state index is 12.1. The van der Waals surface area contributed by atoms with Crippen molar-refractivity contribution in [1.29, 1.82) is 0 Å². The molecule has 4 nitrogen and oxygen atoms in total.